The minimum absolute atomic E-state index is 0. The predicted molar refractivity (Wildman–Crippen MR) is 70.0 cm³/mol. The molecule has 1 amide bonds. The number of carbonyl (C=O) groups excluding carboxylic acids is 1. The molecule has 0 aromatic carbocycles. The normalized spacial score (nSPS) is 15.8. The molecule has 16 heavy (non-hydrogen) atoms. The summed E-state index contributed by atoms with van der Waals surface area (Å²) >= 11 is 0. The Morgan fingerprint density at radius 3 is 2.56 bits per heavy atom. The van der Waals surface area contributed by atoms with E-state index in [1.807, 2.05) is 0 Å². The molecule has 96 valence electrons. The third-order valence-corrected chi connectivity index (χ3v) is 3.17. The summed E-state index contributed by atoms with van der Waals surface area (Å²) in [5.41, 5.74) is 0. The highest BCUT2D eigenvalue weighted by atomic mass is 35.5. The van der Waals surface area contributed by atoms with Gasteiger partial charge in [0, 0.05) is 6.54 Å². The summed E-state index contributed by atoms with van der Waals surface area (Å²) in [5.74, 6) is 1.09. The van der Waals surface area contributed by atoms with Crippen LogP contribution in [0.25, 0.3) is 0 Å². The molecule has 0 aromatic heterocycles. The number of amides is 1. The predicted octanol–water partition coefficient (Wildman–Crippen LogP) is 2.10. The standard InChI is InChI=1S/C12H24N2O.ClH/c1-13-10-12(15)14-9-5-4-8-11-6-2-3-7-11;/h11,13H,2-10H2,1H3,(H,14,15);1H. The van der Waals surface area contributed by atoms with E-state index in [0.717, 1.165) is 18.9 Å². The van der Waals surface area contributed by atoms with Crippen LogP contribution in [-0.4, -0.2) is 26.0 Å². The van der Waals surface area contributed by atoms with Crippen molar-refractivity contribution in [1.82, 2.24) is 10.6 Å². The van der Waals surface area contributed by atoms with Crippen LogP contribution in [0.3, 0.4) is 0 Å². The Morgan fingerprint density at radius 1 is 1.25 bits per heavy atom. The van der Waals surface area contributed by atoms with Gasteiger partial charge in [-0.2, -0.15) is 0 Å². The zero-order valence-electron chi connectivity index (χ0n) is 10.3. The van der Waals surface area contributed by atoms with Crippen molar-refractivity contribution in [2.75, 3.05) is 20.1 Å². The molecule has 0 aliphatic heterocycles. The van der Waals surface area contributed by atoms with Crippen LogP contribution < -0.4 is 10.6 Å². The molecule has 0 unspecified atom stereocenters. The van der Waals surface area contributed by atoms with Crippen LogP contribution in [-0.2, 0) is 4.79 Å². The Morgan fingerprint density at radius 2 is 1.94 bits per heavy atom. The van der Waals surface area contributed by atoms with Gasteiger partial charge in [-0.05, 0) is 19.4 Å². The molecule has 0 atom stereocenters. The summed E-state index contributed by atoms with van der Waals surface area (Å²) in [6.45, 7) is 1.27. The van der Waals surface area contributed by atoms with Crippen molar-refractivity contribution < 1.29 is 4.79 Å². The van der Waals surface area contributed by atoms with E-state index in [4.69, 9.17) is 0 Å². The van der Waals surface area contributed by atoms with Crippen molar-refractivity contribution in [2.45, 2.75) is 44.9 Å². The van der Waals surface area contributed by atoms with Gasteiger partial charge in [-0.25, -0.2) is 0 Å². The number of rotatable bonds is 7. The quantitative estimate of drug-likeness (QED) is 0.678. The Bertz CT molecular complexity index is 182. The molecule has 1 aliphatic rings. The molecule has 0 heterocycles. The van der Waals surface area contributed by atoms with E-state index >= 15 is 0 Å². The molecule has 2 N–H and O–H groups in total. The number of hydrogen-bond donors (Lipinski definition) is 2. The van der Waals surface area contributed by atoms with Gasteiger partial charge in [0.15, 0.2) is 0 Å². The number of halogens is 1. The molecule has 0 aromatic rings. The van der Waals surface area contributed by atoms with E-state index in [2.05, 4.69) is 10.6 Å². The molecule has 0 radical (unpaired) electrons. The molecule has 3 nitrogen and oxygen atoms in total. The van der Waals surface area contributed by atoms with Gasteiger partial charge in [0.25, 0.3) is 0 Å². The van der Waals surface area contributed by atoms with Gasteiger partial charge in [0.1, 0.15) is 0 Å². The monoisotopic (exact) mass is 248 g/mol. The molecule has 1 fully saturated rings. The fourth-order valence-electron chi connectivity index (χ4n) is 2.31. The second-order valence-electron chi connectivity index (χ2n) is 4.53. The first kappa shape index (κ1) is 15.7. The van der Waals surface area contributed by atoms with Crippen LogP contribution in [0.4, 0.5) is 0 Å². The van der Waals surface area contributed by atoms with E-state index in [-0.39, 0.29) is 18.3 Å². The maximum atomic E-state index is 11.1. The molecule has 0 saturated heterocycles. The Labute approximate surface area is 105 Å². The number of nitrogens with one attached hydrogen (secondary N) is 2. The largest absolute Gasteiger partial charge is 0.355 e. The van der Waals surface area contributed by atoms with E-state index in [0.29, 0.717) is 6.54 Å². The number of carbonyl (C=O) groups is 1. The third kappa shape index (κ3) is 7.07. The minimum Gasteiger partial charge on any atom is -0.355 e. The van der Waals surface area contributed by atoms with Crippen LogP contribution in [0, 0.1) is 5.92 Å². The van der Waals surface area contributed by atoms with E-state index in [1.165, 1.54) is 38.5 Å². The second kappa shape index (κ2) is 9.91. The second-order valence-corrected chi connectivity index (χ2v) is 4.53. The highest BCUT2D eigenvalue weighted by Gasteiger charge is 2.13. The maximum Gasteiger partial charge on any atom is 0.233 e. The first-order chi connectivity index (χ1) is 7.33. The number of likely N-dealkylation sites (N-methyl/N-ethyl adjacent to an activating group) is 1. The highest BCUT2D eigenvalue weighted by molar-refractivity contribution is 5.85. The number of unbranched alkanes of at least 4 members (excludes halogenated alkanes) is 1. The van der Waals surface area contributed by atoms with Crippen molar-refractivity contribution in [1.29, 1.82) is 0 Å². The highest BCUT2D eigenvalue weighted by Crippen LogP contribution is 2.28. The van der Waals surface area contributed by atoms with Crippen molar-refractivity contribution in [2.24, 2.45) is 5.92 Å². The van der Waals surface area contributed by atoms with Crippen LogP contribution in [0.1, 0.15) is 44.9 Å². The van der Waals surface area contributed by atoms with Crippen LogP contribution in [0.15, 0.2) is 0 Å². The summed E-state index contributed by atoms with van der Waals surface area (Å²) in [5, 5.41) is 5.75. The molecule has 1 rings (SSSR count). The smallest absolute Gasteiger partial charge is 0.233 e. The molecule has 1 saturated carbocycles. The van der Waals surface area contributed by atoms with Crippen LogP contribution in [0.2, 0.25) is 0 Å². The third-order valence-electron chi connectivity index (χ3n) is 3.17. The summed E-state index contributed by atoms with van der Waals surface area (Å²) < 4.78 is 0. The summed E-state index contributed by atoms with van der Waals surface area (Å²) in [7, 11) is 1.79. The molecular formula is C12H25ClN2O. The van der Waals surface area contributed by atoms with Crippen molar-refractivity contribution in [3.05, 3.63) is 0 Å². The first-order valence-electron chi connectivity index (χ1n) is 6.24. The lowest BCUT2D eigenvalue weighted by molar-refractivity contribution is -0.120. The Kier molecular flexibility index (Phi) is 9.74. The number of hydrogen-bond acceptors (Lipinski definition) is 2. The molecule has 0 bridgehead atoms. The van der Waals surface area contributed by atoms with Gasteiger partial charge in [0.05, 0.1) is 6.54 Å². The van der Waals surface area contributed by atoms with Gasteiger partial charge >= 0.3 is 0 Å². The van der Waals surface area contributed by atoms with Crippen LogP contribution in [0.5, 0.6) is 0 Å². The van der Waals surface area contributed by atoms with Gasteiger partial charge < -0.3 is 10.6 Å². The van der Waals surface area contributed by atoms with Crippen LogP contribution >= 0.6 is 12.4 Å². The maximum absolute atomic E-state index is 11.1. The molecule has 1 aliphatic carbocycles. The first-order valence-corrected chi connectivity index (χ1v) is 6.24. The van der Waals surface area contributed by atoms with Gasteiger partial charge in [-0.15, -0.1) is 12.4 Å². The minimum atomic E-state index is 0. The molecule has 0 spiro atoms. The average molecular weight is 249 g/mol. The summed E-state index contributed by atoms with van der Waals surface area (Å²) in [4.78, 5) is 11.1. The van der Waals surface area contributed by atoms with Gasteiger partial charge in [-0.1, -0.05) is 38.5 Å². The Hall–Kier alpha value is -0.280. The summed E-state index contributed by atoms with van der Waals surface area (Å²) in [6.07, 6.45) is 9.50. The SMILES string of the molecule is CNCC(=O)NCCCCC1CCCC1.Cl. The molecule has 4 heteroatoms. The van der Waals surface area contributed by atoms with E-state index in [1.54, 1.807) is 7.05 Å². The molecular weight excluding hydrogens is 224 g/mol. The Balaban J connectivity index is 0.00000225. The van der Waals surface area contributed by atoms with Crippen molar-refractivity contribution in [3.63, 3.8) is 0 Å². The van der Waals surface area contributed by atoms with Crippen molar-refractivity contribution >= 4 is 18.3 Å². The van der Waals surface area contributed by atoms with Gasteiger partial charge in [-0.3, -0.25) is 4.79 Å². The zero-order chi connectivity index (χ0) is 10.9. The van der Waals surface area contributed by atoms with E-state index in [9.17, 15) is 4.79 Å². The van der Waals surface area contributed by atoms with E-state index < -0.39 is 0 Å². The lowest BCUT2D eigenvalue weighted by Crippen LogP contribution is -2.32. The van der Waals surface area contributed by atoms with Crippen molar-refractivity contribution in [3.8, 4) is 0 Å². The summed E-state index contributed by atoms with van der Waals surface area (Å²) in [6, 6.07) is 0. The lowest BCUT2D eigenvalue weighted by Gasteiger charge is -2.08. The van der Waals surface area contributed by atoms with Gasteiger partial charge in [0.2, 0.25) is 5.91 Å². The fraction of sp³-hybridized carbons (Fsp3) is 0.917. The zero-order valence-corrected chi connectivity index (χ0v) is 11.1. The fourth-order valence-corrected chi connectivity index (χ4v) is 2.31. The average Bonchev–Trinajstić information content (AvgIpc) is 2.70. The lowest BCUT2D eigenvalue weighted by atomic mass is 10.0. The topological polar surface area (TPSA) is 41.1 Å².